The summed E-state index contributed by atoms with van der Waals surface area (Å²) in [5, 5.41) is 21.8. The summed E-state index contributed by atoms with van der Waals surface area (Å²) in [6.07, 6.45) is -4.53. The minimum absolute atomic E-state index is 0.0490. The molecule has 0 bridgehead atoms. The maximum absolute atomic E-state index is 12.7. The molecule has 0 aliphatic heterocycles. The summed E-state index contributed by atoms with van der Waals surface area (Å²) in [6, 6.07) is 6.21. The van der Waals surface area contributed by atoms with Crippen LogP contribution in [0, 0.1) is 0 Å². The molecule has 2 aromatic heterocycles. The number of aliphatic hydroxyl groups excluding tert-OH is 1. The standard InChI is InChI=1S/C16H15F3N4O2/c1-23-11-4-5-13(20-6-7-24)21-14(11)22-15(23)10-3-2-9(8-12(10)25)16(17,18)19/h2-5,8,24-25H,6-7H2,1H3,(H,20,21). The Morgan fingerprint density at radius 3 is 2.56 bits per heavy atom. The Balaban J connectivity index is 2.05. The number of hydrogen-bond donors (Lipinski definition) is 3. The van der Waals surface area contributed by atoms with Crippen LogP contribution in [0.15, 0.2) is 30.3 Å². The number of nitrogens with one attached hydrogen (secondary N) is 1. The van der Waals surface area contributed by atoms with Crippen LogP contribution in [0.5, 0.6) is 5.75 Å². The largest absolute Gasteiger partial charge is 0.507 e. The lowest BCUT2D eigenvalue weighted by molar-refractivity contribution is -0.137. The van der Waals surface area contributed by atoms with Gasteiger partial charge in [0.15, 0.2) is 5.65 Å². The third-order valence-electron chi connectivity index (χ3n) is 3.73. The zero-order valence-corrected chi connectivity index (χ0v) is 13.2. The number of phenolic OH excluding ortho intramolecular Hbond substituents is 1. The molecule has 3 rings (SSSR count). The Hall–Kier alpha value is -2.81. The monoisotopic (exact) mass is 352 g/mol. The number of benzene rings is 1. The van der Waals surface area contributed by atoms with Crippen LogP contribution >= 0.6 is 0 Å². The minimum atomic E-state index is -4.53. The van der Waals surface area contributed by atoms with E-state index in [9.17, 15) is 18.3 Å². The number of rotatable bonds is 4. The van der Waals surface area contributed by atoms with Gasteiger partial charge in [-0.3, -0.25) is 0 Å². The average molecular weight is 352 g/mol. The summed E-state index contributed by atoms with van der Waals surface area (Å²) in [5.41, 5.74) is 0.281. The molecule has 0 spiro atoms. The number of hydrogen-bond acceptors (Lipinski definition) is 5. The zero-order chi connectivity index (χ0) is 18.2. The molecule has 132 valence electrons. The second-order valence-corrected chi connectivity index (χ2v) is 5.41. The summed E-state index contributed by atoms with van der Waals surface area (Å²) < 4.78 is 39.8. The number of aliphatic hydroxyl groups is 1. The quantitative estimate of drug-likeness (QED) is 0.673. The summed E-state index contributed by atoms with van der Waals surface area (Å²) in [4.78, 5) is 8.60. The third-order valence-corrected chi connectivity index (χ3v) is 3.73. The van der Waals surface area contributed by atoms with E-state index in [1.54, 1.807) is 23.7 Å². The molecule has 1 aromatic carbocycles. The van der Waals surface area contributed by atoms with Gasteiger partial charge in [-0.2, -0.15) is 13.2 Å². The van der Waals surface area contributed by atoms with E-state index in [-0.39, 0.29) is 12.2 Å². The van der Waals surface area contributed by atoms with E-state index in [2.05, 4.69) is 15.3 Å². The maximum Gasteiger partial charge on any atom is 0.416 e. The lowest BCUT2D eigenvalue weighted by atomic mass is 10.1. The summed E-state index contributed by atoms with van der Waals surface area (Å²) in [6.45, 7) is 0.282. The van der Waals surface area contributed by atoms with Crippen molar-refractivity contribution in [3.63, 3.8) is 0 Å². The van der Waals surface area contributed by atoms with Crippen LogP contribution in [-0.2, 0) is 13.2 Å². The molecule has 9 heteroatoms. The molecular weight excluding hydrogens is 337 g/mol. The Bertz CT molecular complexity index is 922. The number of anilines is 1. The molecule has 0 amide bonds. The van der Waals surface area contributed by atoms with Crippen LogP contribution in [0.4, 0.5) is 19.0 Å². The third kappa shape index (κ3) is 3.22. The molecule has 3 N–H and O–H groups in total. The second-order valence-electron chi connectivity index (χ2n) is 5.41. The van der Waals surface area contributed by atoms with Crippen molar-refractivity contribution in [3.8, 4) is 17.1 Å². The summed E-state index contributed by atoms with van der Waals surface area (Å²) >= 11 is 0. The highest BCUT2D eigenvalue weighted by atomic mass is 19.4. The molecule has 3 aromatic rings. The Morgan fingerprint density at radius 1 is 1.16 bits per heavy atom. The van der Waals surface area contributed by atoms with E-state index in [1.807, 2.05) is 0 Å². The van der Waals surface area contributed by atoms with Gasteiger partial charge in [-0.15, -0.1) is 0 Å². The zero-order valence-electron chi connectivity index (χ0n) is 13.2. The van der Waals surface area contributed by atoms with E-state index in [1.165, 1.54) is 6.07 Å². The topological polar surface area (TPSA) is 83.2 Å². The number of alkyl halides is 3. The van der Waals surface area contributed by atoms with Crippen molar-refractivity contribution >= 4 is 17.0 Å². The van der Waals surface area contributed by atoms with Crippen molar-refractivity contribution in [1.29, 1.82) is 0 Å². The van der Waals surface area contributed by atoms with Gasteiger partial charge in [0, 0.05) is 13.6 Å². The number of aromatic nitrogens is 3. The Labute approximate surface area is 140 Å². The van der Waals surface area contributed by atoms with Crippen LogP contribution in [-0.4, -0.2) is 37.9 Å². The van der Waals surface area contributed by atoms with Gasteiger partial charge >= 0.3 is 6.18 Å². The van der Waals surface area contributed by atoms with E-state index < -0.39 is 17.5 Å². The molecule has 0 saturated heterocycles. The number of nitrogens with zero attached hydrogens (tertiary/aromatic N) is 3. The lowest BCUT2D eigenvalue weighted by Gasteiger charge is -2.10. The molecule has 0 saturated carbocycles. The maximum atomic E-state index is 12.7. The van der Waals surface area contributed by atoms with Gasteiger partial charge in [-0.25, -0.2) is 9.97 Å². The van der Waals surface area contributed by atoms with Gasteiger partial charge in [0.25, 0.3) is 0 Å². The van der Waals surface area contributed by atoms with Crippen LogP contribution in [0.25, 0.3) is 22.6 Å². The number of phenols is 1. The molecule has 0 unspecified atom stereocenters. The predicted molar refractivity (Wildman–Crippen MR) is 86.2 cm³/mol. The van der Waals surface area contributed by atoms with E-state index in [0.717, 1.165) is 6.07 Å². The highest BCUT2D eigenvalue weighted by Crippen LogP contribution is 2.36. The van der Waals surface area contributed by atoms with Gasteiger partial charge in [-0.05, 0) is 30.3 Å². The van der Waals surface area contributed by atoms with Gasteiger partial charge < -0.3 is 20.1 Å². The summed E-state index contributed by atoms with van der Waals surface area (Å²) in [5.74, 6) is 0.308. The minimum Gasteiger partial charge on any atom is -0.507 e. The SMILES string of the molecule is Cn1c(-c2ccc(C(F)(F)F)cc2O)nc2nc(NCCO)ccc21. The smallest absolute Gasteiger partial charge is 0.416 e. The van der Waals surface area contributed by atoms with E-state index in [0.29, 0.717) is 35.4 Å². The van der Waals surface area contributed by atoms with Gasteiger partial charge in [0.2, 0.25) is 0 Å². The van der Waals surface area contributed by atoms with E-state index in [4.69, 9.17) is 5.11 Å². The molecule has 0 radical (unpaired) electrons. The van der Waals surface area contributed by atoms with Crippen LogP contribution < -0.4 is 5.32 Å². The highest BCUT2D eigenvalue weighted by molar-refractivity contribution is 5.80. The Morgan fingerprint density at radius 2 is 1.92 bits per heavy atom. The van der Waals surface area contributed by atoms with Gasteiger partial charge in [0.1, 0.15) is 17.4 Å². The first-order valence-corrected chi connectivity index (χ1v) is 7.40. The van der Waals surface area contributed by atoms with E-state index >= 15 is 0 Å². The fraction of sp³-hybridized carbons (Fsp3) is 0.250. The number of pyridine rings is 1. The number of halogens is 3. The number of imidazole rings is 1. The van der Waals surface area contributed by atoms with Crippen LogP contribution in [0.2, 0.25) is 0 Å². The first kappa shape index (κ1) is 17.0. The molecule has 0 atom stereocenters. The average Bonchev–Trinajstić information content (AvgIpc) is 2.88. The molecule has 6 nitrogen and oxygen atoms in total. The van der Waals surface area contributed by atoms with Crippen molar-refractivity contribution in [2.45, 2.75) is 6.18 Å². The van der Waals surface area contributed by atoms with Crippen molar-refractivity contribution in [1.82, 2.24) is 14.5 Å². The van der Waals surface area contributed by atoms with Gasteiger partial charge in [-0.1, -0.05) is 0 Å². The number of fused-ring (bicyclic) bond motifs is 1. The number of aromatic hydroxyl groups is 1. The van der Waals surface area contributed by atoms with Crippen molar-refractivity contribution in [3.05, 3.63) is 35.9 Å². The molecule has 2 heterocycles. The molecule has 0 aliphatic rings. The fourth-order valence-electron chi connectivity index (χ4n) is 2.49. The normalized spacial score (nSPS) is 11.9. The molecular formula is C16H15F3N4O2. The lowest BCUT2D eigenvalue weighted by Crippen LogP contribution is -2.06. The predicted octanol–water partition coefficient (Wildman–Crippen LogP) is 2.76. The van der Waals surface area contributed by atoms with Gasteiger partial charge in [0.05, 0.1) is 23.3 Å². The van der Waals surface area contributed by atoms with Crippen LogP contribution in [0.3, 0.4) is 0 Å². The van der Waals surface area contributed by atoms with Crippen molar-refractivity contribution < 1.29 is 23.4 Å². The second kappa shape index (κ2) is 6.25. The summed E-state index contributed by atoms with van der Waals surface area (Å²) in [7, 11) is 1.68. The first-order valence-electron chi connectivity index (χ1n) is 7.40. The number of aryl methyl sites for hydroxylation is 1. The first-order chi connectivity index (χ1) is 11.8. The highest BCUT2D eigenvalue weighted by Gasteiger charge is 2.31. The Kier molecular flexibility index (Phi) is 4.25. The molecule has 0 fully saturated rings. The fourth-order valence-corrected chi connectivity index (χ4v) is 2.49. The van der Waals surface area contributed by atoms with Crippen molar-refractivity contribution in [2.24, 2.45) is 7.05 Å². The van der Waals surface area contributed by atoms with Crippen LogP contribution in [0.1, 0.15) is 5.56 Å². The molecule has 0 aliphatic carbocycles. The molecule has 25 heavy (non-hydrogen) atoms. The van der Waals surface area contributed by atoms with Crippen molar-refractivity contribution in [2.75, 3.05) is 18.5 Å².